The predicted octanol–water partition coefficient (Wildman–Crippen LogP) is 1.48. The molecule has 8 fully saturated rings. The van der Waals surface area contributed by atoms with Gasteiger partial charge in [0.1, 0.15) is 0 Å². The number of amides is 2. The number of hydrogen-bond acceptors (Lipinski definition) is 3. The maximum Gasteiger partial charge on any atom is 0.234 e. The van der Waals surface area contributed by atoms with Crippen LogP contribution < -0.4 is 0 Å². The molecule has 2 saturated heterocycles. The largest absolute Gasteiger partial charge is 0.285 e. The molecule has 4 heteroatoms. The van der Waals surface area contributed by atoms with Gasteiger partial charge in [-0.05, 0) is 60.2 Å². The average Bonchev–Trinajstić information content (AvgIpc) is 2.95. The molecule has 6 aliphatic carbocycles. The van der Waals surface area contributed by atoms with Crippen molar-refractivity contribution in [2.75, 3.05) is 12.8 Å². The number of rotatable bonds is 0. The highest BCUT2D eigenvalue weighted by Crippen LogP contribution is 2.90. The third-order valence-corrected chi connectivity index (χ3v) is 10.8. The molecule has 0 aromatic carbocycles. The number of imide groups is 1. The molecule has 5 bridgehead atoms. The van der Waals surface area contributed by atoms with Gasteiger partial charge in [-0.2, -0.15) is 11.8 Å². The van der Waals surface area contributed by atoms with Gasteiger partial charge >= 0.3 is 0 Å². The van der Waals surface area contributed by atoms with E-state index in [-0.39, 0.29) is 28.4 Å². The summed E-state index contributed by atoms with van der Waals surface area (Å²) >= 11 is 2.07. The molecule has 0 aromatic rings. The summed E-state index contributed by atoms with van der Waals surface area (Å²) < 4.78 is 0.187. The quantitative estimate of drug-likeness (QED) is 0.636. The van der Waals surface area contributed by atoms with Gasteiger partial charge in [-0.3, -0.25) is 14.5 Å². The minimum absolute atomic E-state index is 0.0162. The Kier molecular flexibility index (Phi) is 1.50. The van der Waals surface area contributed by atoms with Gasteiger partial charge in [-0.15, -0.1) is 0 Å². The van der Waals surface area contributed by atoms with Crippen molar-refractivity contribution in [3.63, 3.8) is 0 Å². The van der Waals surface area contributed by atoms with Gasteiger partial charge in [0.2, 0.25) is 11.8 Å². The lowest BCUT2D eigenvalue weighted by molar-refractivity contribution is -0.189. The summed E-state index contributed by atoms with van der Waals surface area (Å²) in [6.45, 7) is 0. The summed E-state index contributed by atoms with van der Waals surface area (Å²) in [5, 5.41) is 0. The molecule has 8 aliphatic rings. The van der Waals surface area contributed by atoms with Gasteiger partial charge < -0.3 is 0 Å². The number of hydrogen-bond donors (Lipinski definition) is 0. The van der Waals surface area contributed by atoms with E-state index in [9.17, 15) is 9.59 Å². The van der Waals surface area contributed by atoms with Crippen molar-refractivity contribution in [3.8, 4) is 0 Å². The van der Waals surface area contributed by atoms with E-state index in [4.69, 9.17) is 0 Å². The zero-order valence-corrected chi connectivity index (χ0v) is 12.9. The first-order valence-corrected chi connectivity index (χ1v) is 9.60. The van der Waals surface area contributed by atoms with Crippen molar-refractivity contribution in [2.24, 2.45) is 59.2 Å². The monoisotopic (exact) mass is 301 g/mol. The van der Waals surface area contributed by atoms with Crippen molar-refractivity contribution < 1.29 is 9.59 Å². The van der Waals surface area contributed by atoms with Gasteiger partial charge in [-0.25, -0.2) is 0 Å². The number of nitrogens with zero attached hydrogens (tertiary/aromatic N) is 1. The molecule has 11 atom stereocenters. The fourth-order valence-electron chi connectivity index (χ4n) is 8.94. The Morgan fingerprint density at radius 1 is 1.05 bits per heavy atom. The minimum Gasteiger partial charge on any atom is -0.285 e. The van der Waals surface area contributed by atoms with E-state index in [1.807, 2.05) is 0 Å². The van der Waals surface area contributed by atoms with Crippen molar-refractivity contribution in [3.05, 3.63) is 0 Å². The number of carbonyl (C=O) groups excluding carboxylic acids is 2. The summed E-state index contributed by atoms with van der Waals surface area (Å²) in [6, 6.07) is 0. The second-order valence-corrected chi connectivity index (χ2v) is 10.2. The van der Waals surface area contributed by atoms with Crippen LogP contribution in [0.5, 0.6) is 0 Å². The Balaban J connectivity index is 1.45. The first-order valence-electron chi connectivity index (χ1n) is 8.61. The van der Waals surface area contributed by atoms with Crippen molar-refractivity contribution >= 4 is 23.6 Å². The van der Waals surface area contributed by atoms with Gasteiger partial charge in [0.15, 0.2) is 0 Å². The molecule has 0 radical (unpaired) electrons. The minimum atomic E-state index is 0.0162. The molecule has 110 valence electrons. The van der Waals surface area contributed by atoms with E-state index in [2.05, 4.69) is 11.8 Å². The average molecular weight is 301 g/mol. The van der Waals surface area contributed by atoms with Crippen LogP contribution in [0.4, 0.5) is 0 Å². The lowest BCUT2D eigenvalue weighted by atomic mass is 9.38. The fourth-order valence-corrected chi connectivity index (χ4v) is 11.3. The smallest absolute Gasteiger partial charge is 0.234 e. The van der Waals surface area contributed by atoms with Gasteiger partial charge in [0.25, 0.3) is 0 Å². The molecular formula is C17H19NO2S. The van der Waals surface area contributed by atoms with Gasteiger partial charge in [-0.1, -0.05) is 0 Å². The Bertz CT molecular complexity index is 643. The standard InChI is InChI=1S/C17H19NO2S/c1-18-15(19)8-4-21-17(14(8)16(18)20)12-5-2-6-9-7(3-5)13(17)11(9)10(6)12/h5-14H,2-4H2,1H3. The van der Waals surface area contributed by atoms with Crippen LogP contribution in [0.15, 0.2) is 0 Å². The summed E-state index contributed by atoms with van der Waals surface area (Å²) in [7, 11) is 1.71. The molecule has 1 spiro atoms. The lowest BCUT2D eigenvalue weighted by Gasteiger charge is -2.68. The molecule has 0 N–H and O–H groups in total. The highest BCUT2D eigenvalue weighted by molar-refractivity contribution is 8.01. The van der Waals surface area contributed by atoms with Crippen LogP contribution in [-0.2, 0) is 9.59 Å². The Hall–Kier alpha value is -0.510. The molecule has 21 heavy (non-hydrogen) atoms. The summed E-state index contributed by atoms with van der Waals surface area (Å²) in [5.74, 6) is 8.63. The van der Waals surface area contributed by atoms with E-state index in [0.29, 0.717) is 0 Å². The second-order valence-electron chi connectivity index (χ2n) is 8.83. The highest BCUT2D eigenvalue weighted by Gasteiger charge is 2.88. The summed E-state index contributed by atoms with van der Waals surface area (Å²) in [4.78, 5) is 26.7. The van der Waals surface area contributed by atoms with Crippen molar-refractivity contribution in [2.45, 2.75) is 17.6 Å². The molecule has 2 amide bonds. The second kappa shape index (κ2) is 2.83. The molecular weight excluding hydrogens is 282 g/mol. The Labute approximate surface area is 128 Å². The molecule has 2 heterocycles. The molecule has 0 aromatic heterocycles. The molecule has 8 rings (SSSR count). The van der Waals surface area contributed by atoms with E-state index in [0.717, 1.165) is 53.1 Å². The van der Waals surface area contributed by atoms with Gasteiger partial charge in [0, 0.05) is 17.5 Å². The van der Waals surface area contributed by atoms with E-state index in [1.54, 1.807) is 7.05 Å². The zero-order chi connectivity index (χ0) is 13.8. The van der Waals surface area contributed by atoms with E-state index in [1.165, 1.54) is 17.7 Å². The van der Waals surface area contributed by atoms with Gasteiger partial charge in [0.05, 0.1) is 11.8 Å². The SMILES string of the molecule is CN1C(=O)C2CSC3(C2C1=O)C1C2CC4C5C(C2)C3C5C41. The maximum absolute atomic E-state index is 12.8. The summed E-state index contributed by atoms with van der Waals surface area (Å²) in [6.07, 6.45) is 2.92. The van der Waals surface area contributed by atoms with E-state index >= 15 is 0 Å². The number of likely N-dealkylation sites (tertiary alicyclic amines) is 1. The van der Waals surface area contributed by atoms with E-state index < -0.39 is 0 Å². The van der Waals surface area contributed by atoms with Crippen molar-refractivity contribution in [1.82, 2.24) is 4.90 Å². The highest BCUT2D eigenvalue weighted by atomic mass is 32.2. The van der Waals surface area contributed by atoms with Crippen LogP contribution in [0.3, 0.4) is 0 Å². The van der Waals surface area contributed by atoms with Crippen LogP contribution in [0, 0.1) is 59.2 Å². The Morgan fingerprint density at radius 3 is 2.71 bits per heavy atom. The third kappa shape index (κ3) is 0.779. The number of thioether (sulfide) groups is 1. The van der Waals surface area contributed by atoms with Crippen LogP contribution in [-0.4, -0.2) is 34.3 Å². The van der Waals surface area contributed by atoms with Crippen molar-refractivity contribution in [1.29, 1.82) is 0 Å². The molecule has 3 nitrogen and oxygen atoms in total. The molecule has 2 aliphatic heterocycles. The first-order chi connectivity index (χ1) is 10.2. The fraction of sp³-hybridized carbons (Fsp3) is 0.882. The van der Waals surface area contributed by atoms with Crippen LogP contribution in [0.2, 0.25) is 0 Å². The topological polar surface area (TPSA) is 37.4 Å². The predicted molar refractivity (Wildman–Crippen MR) is 77.1 cm³/mol. The Morgan fingerprint density at radius 2 is 1.86 bits per heavy atom. The number of carbonyl (C=O) groups is 2. The molecule has 11 unspecified atom stereocenters. The lowest BCUT2D eigenvalue weighted by Crippen LogP contribution is -2.66. The maximum atomic E-state index is 12.8. The van der Waals surface area contributed by atoms with Crippen LogP contribution >= 0.6 is 11.8 Å². The van der Waals surface area contributed by atoms with Crippen LogP contribution in [0.1, 0.15) is 12.8 Å². The number of fused-ring (bicyclic) bond motifs is 1. The summed E-state index contributed by atoms with van der Waals surface area (Å²) in [5.41, 5.74) is 0. The molecule has 6 saturated carbocycles. The normalized spacial score (nSPS) is 70.6. The third-order valence-electron chi connectivity index (χ3n) is 9.01. The van der Waals surface area contributed by atoms with Crippen LogP contribution in [0.25, 0.3) is 0 Å². The zero-order valence-electron chi connectivity index (χ0n) is 12.1. The first kappa shape index (κ1) is 11.1.